The second kappa shape index (κ2) is 12.2. The Morgan fingerprint density at radius 3 is 2.62 bits per heavy atom. The van der Waals surface area contributed by atoms with Gasteiger partial charge in [0.2, 0.25) is 5.95 Å². The Hall–Kier alpha value is -3.37. The molecule has 1 atom stereocenters. The van der Waals surface area contributed by atoms with E-state index in [-0.39, 0.29) is 40.3 Å². The van der Waals surface area contributed by atoms with Gasteiger partial charge in [-0.05, 0) is 61.7 Å². The van der Waals surface area contributed by atoms with Crippen molar-refractivity contribution in [2.75, 3.05) is 29.1 Å². The van der Waals surface area contributed by atoms with Crippen LogP contribution in [0.5, 0.6) is 0 Å². The summed E-state index contributed by atoms with van der Waals surface area (Å²) in [7, 11) is 0. The molecule has 3 aromatic carbocycles. The molecule has 1 aliphatic heterocycles. The van der Waals surface area contributed by atoms with Crippen molar-refractivity contribution in [2.45, 2.75) is 25.9 Å². The van der Waals surface area contributed by atoms with E-state index in [1.807, 2.05) is 0 Å². The maximum atomic E-state index is 14.3. The van der Waals surface area contributed by atoms with Crippen molar-refractivity contribution in [1.82, 2.24) is 9.97 Å². The average molecular weight is 593 g/mol. The lowest BCUT2D eigenvalue weighted by atomic mass is 10.1. The van der Waals surface area contributed by atoms with Crippen molar-refractivity contribution in [3.63, 3.8) is 0 Å². The number of aromatic amines is 1. The van der Waals surface area contributed by atoms with Gasteiger partial charge in [0.1, 0.15) is 11.3 Å². The van der Waals surface area contributed by atoms with Crippen LogP contribution in [0.2, 0.25) is 10.0 Å². The number of amides is 2. The van der Waals surface area contributed by atoms with Crippen molar-refractivity contribution >= 4 is 75.8 Å². The fraction of sp³-hybridized carbons (Fsp3) is 0.222. The number of carbonyl (C=O) groups excluding carboxylic acids is 2. The van der Waals surface area contributed by atoms with Gasteiger partial charge in [0.25, 0.3) is 11.8 Å². The monoisotopic (exact) mass is 591 g/mol. The molecular weight excluding hydrogens is 568 g/mol. The summed E-state index contributed by atoms with van der Waals surface area (Å²) in [5, 5.41) is 9.21. The quantitative estimate of drug-likeness (QED) is 0.188. The van der Waals surface area contributed by atoms with E-state index in [9.17, 15) is 14.0 Å². The van der Waals surface area contributed by atoms with Crippen LogP contribution >= 0.6 is 35.6 Å². The molecule has 39 heavy (non-hydrogen) atoms. The van der Waals surface area contributed by atoms with E-state index in [0.717, 1.165) is 25.5 Å². The third-order valence-corrected chi connectivity index (χ3v) is 7.04. The van der Waals surface area contributed by atoms with Crippen LogP contribution in [0, 0.1) is 12.7 Å². The van der Waals surface area contributed by atoms with Crippen molar-refractivity contribution in [3.8, 4) is 0 Å². The van der Waals surface area contributed by atoms with Crippen molar-refractivity contribution in [1.29, 1.82) is 0 Å². The summed E-state index contributed by atoms with van der Waals surface area (Å²) in [4.78, 5) is 34.1. The standard InChI is InChI=1S/C27H24Cl2FN5O3.ClH/c1-14-18(28)6-3-9-21(14)33-25(36)17-11-15(32-26(37)23-19(29)7-2-8-20(23)30)12-22-24(17)35-27(34-22)31-13-16-5-4-10-38-16;/h2-3,6-9,11-12,16H,4-5,10,13H2,1H3,(H,32,37)(H,33,36)(H2,31,34,35);1H/t16-;/m1./s1. The number of fused-ring (bicyclic) bond motifs is 1. The first kappa shape index (κ1) is 28.6. The number of ether oxygens (including phenoxy) is 1. The molecule has 0 unspecified atom stereocenters. The smallest absolute Gasteiger partial charge is 0.260 e. The Labute approximate surface area is 240 Å². The zero-order valence-electron chi connectivity index (χ0n) is 20.7. The number of hydrogen-bond donors (Lipinski definition) is 4. The highest BCUT2D eigenvalue weighted by Gasteiger charge is 2.21. The SMILES string of the molecule is Cc1c(Cl)cccc1NC(=O)c1cc(NC(=O)c2c(F)cccc2Cl)cc2[nH]c(NC[C@H]3CCCO3)nc12.Cl. The molecule has 1 aliphatic rings. The van der Waals surface area contributed by atoms with Crippen LogP contribution in [0.1, 0.15) is 39.1 Å². The molecule has 2 amide bonds. The molecule has 5 rings (SSSR count). The van der Waals surface area contributed by atoms with E-state index in [0.29, 0.717) is 39.8 Å². The van der Waals surface area contributed by atoms with Gasteiger partial charge < -0.3 is 25.7 Å². The number of halogens is 4. The third kappa shape index (κ3) is 6.28. The fourth-order valence-corrected chi connectivity index (χ4v) is 4.73. The maximum absolute atomic E-state index is 14.3. The Morgan fingerprint density at radius 2 is 1.87 bits per heavy atom. The first-order chi connectivity index (χ1) is 18.3. The zero-order valence-corrected chi connectivity index (χ0v) is 23.1. The molecule has 0 spiro atoms. The summed E-state index contributed by atoms with van der Waals surface area (Å²) in [6.45, 7) is 3.08. The van der Waals surface area contributed by atoms with E-state index >= 15 is 0 Å². The number of anilines is 3. The molecule has 0 bridgehead atoms. The Morgan fingerprint density at radius 1 is 1.10 bits per heavy atom. The largest absolute Gasteiger partial charge is 0.376 e. The molecule has 0 saturated carbocycles. The molecule has 0 aliphatic carbocycles. The number of rotatable bonds is 7. The summed E-state index contributed by atoms with van der Waals surface area (Å²) in [5.74, 6) is -1.52. The van der Waals surface area contributed by atoms with Gasteiger partial charge >= 0.3 is 0 Å². The van der Waals surface area contributed by atoms with Crippen LogP contribution < -0.4 is 16.0 Å². The highest BCUT2D eigenvalue weighted by atomic mass is 35.5. The van der Waals surface area contributed by atoms with Crippen LogP contribution in [-0.2, 0) is 4.74 Å². The minimum absolute atomic E-state index is 0. The minimum Gasteiger partial charge on any atom is -0.376 e. The van der Waals surface area contributed by atoms with Gasteiger partial charge in [0.05, 0.1) is 27.8 Å². The Bertz CT molecular complexity index is 1520. The summed E-state index contributed by atoms with van der Waals surface area (Å²) in [5.41, 5.74) is 2.28. The van der Waals surface area contributed by atoms with E-state index in [2.05, 4.69) is 25.9 Å². The van der Waals surface area contributed by atoms with Gasteiger partial charge in [-0.2, -0.15) is 0 Å². The number of nitrogens with zero attached hydrogens (tertiary/aromatic N) is 1. The molecule has 0 radical (unpaired) electrons. The lowest BCUT2D eigenvalue weighted by molar-refractivity contribution is 0.101. The Kier molecular flexibility index (Phi) is 8.97. The lowest BCUT2D eigenvalue weighted by Crippen LogP contribution is -2.18. The second-order valence-corrected chi connectivity index (χ2v) is 9.75. The van der Waals surface area contributed by atoms with Crippen LogP contribution in [0.3, 0.4) is 0 Å². The van der Waals surface area contributed by atoms with Gasteiger partial charge in [0, 0.05) is 29.5 Å². The van der Waals surface area contributed by atoms with Crippen LogP contribution in [-0.4, -0.2) is 41.0 Å². The van der Waals surface area contributed by atoms with E-state index in [4.69, 9.17) is 27.9 Å². The number of aromatic nitrogens is 2. The lowest BCUT2D eigenvalue weighted by Gasteiger charge is -2.12. The molecule has 4 N–H and O–H groups in total. The normalized spacial score (nSPS) is 14.6. The molecule has 1 saturated heterocycles. The van der Waals surface area contributed by atoms with E-state index in [1.165, 1.54) is 18.2 Å². The summed E-state index contributed by atoms with van der Waals surface area (Å²) >= 11 is 12.3. The second-order valence-electron chi connectivity index (χ2n) is 8.94. The van der Waals surface area contributed by atoms with Gasteiger partial charge in [-0.15, -0.1) is 12.4 Å². The Balaban J connectivity index is 0.00000353. The zero-order chi connectivity index (χ0) is 26.8. The summed E-state index contributed by atoms with van der Waals surface area (Å²) in [6.07, 6.45) is 2.04. The molecule has 12 heteroatoms. The van der Waals surface area contributed by atoms with Crippen LogP contribution in [0.25, 0.3) is 11.0 Å². The maximum Gasteiger partial charge on any atom is 0.260 e. The molecule has 4 aromatic rings. The molecule has 204 valence electrons. The van der Waals surface area contributed by atoms with Gasteiger partial charge in [-0.3, -0.25) is 9.59 Å². The minimum atomic E-state index is -0.757. The number of hydrogen-bond acceptors (Lipinski definition) is 5. The third-order valence-electron chi connectivity index (χ3n) is 6.32. The van der Waals surface area contributed by atoms with Crippen molar-refractivity contribution in [2.24, 2.45) is 0 Å². The number of H-pyrrole nitrogens is 1. The fourth-order valence-electron chi connectivity index (χ4n) is 4.30. The predicted molar refractivity (Wildman–Crippen MR) is 154 cm³/mol. The number of benzene rings is 3. The first-order valence-electron chi connectivity index (χ1n) is 12.0. The van der Waals surface area contributed by atoms with E-state index in [1.54, 1.807) is 31.2 Å². The highest BCUT2D eigenvalue weighted by molar-refractivity contribution is 6.34. The van der Waals surface area contributed by atoms with Gasteiger partial charge in [0.15, 0.2) is 0 Å². The highest BCUT2D eigenvalue weighted by Crippen LogP contribution is 2.29. The number of carbonyl (C=O) groups is 2. The molecule has 1 aromatic heterocycles. The summed E-state index contributed by atoms with van der Waals surface area (Å²) < 4.78 is 20.0. The number of nitrogens with one attached hydrogen (secondary N) is 4. The van der Waals surface area contributed by atoms with Crippen LogP contribution in [0.4, 0.5) is 21.7 Å². The average Bonchev–Trinajstić information content (AvgIpc) is 3.54. The topological polar surface area (TPSA) is 108 Å². The summed E-state index contributed by atoms with van der Waals surface area (Å²) in [6, 6.07) is 12.3. The van der Waals surface area contributed by atoms with Gasteiger partial charge in [-0.1, -0.05) is 35.3 Å². The molecule has 8 nitrogen and oxygen atoms in total. The van der Waals surface area contributed by atoms with E-state index < -0.39 is 17.6 Å². The van der Waals surface area contributed by atoms with Crippen LogP contribution in [0.15, 0.2) is 48.5 Å². The molecule has 1 fully saturated rings. The predicted octanol–water partition coefficient (Wildman–Crippen LogP) is 6.83. The first-order valence-corrected chi connectivity index (χ1v) is 12.8. The number of imidazole rings is 1. The molecular formula is C27H25Cl3FN5O3. The van der Waals surface area contributed by atoms with Crippen molar-refractivity contribution in [3.05, 3.63) is 81.1 Å². The molecule has 2 heterocycles. The van der Waals surface area contributed by atoms with Gasteiger partial charge in [-0.25, -0.2) is 9.37 Å². The van der Waals surface area contributed by atoms with Crippen molar-refractivity contribution < 1.29 is 18.7 Å².